The molecule has 15 heavy (non-hydrogen) atoms. The molecule has 0 unspecified atom stereocenters. The molecule has 0 heterocycles. The monoisotopic (exact) mass is 208 g/mol. The number of carbonyl (C=O) groups excluding carboxylic acids is 2. The molecule has 4 heteroatoms. The van der Waals surface area contributed by atoms with Crippen LogP contribution < -0.4 is 11.1 Å². The molecule has 0 fully saturated rings. The van der Waals surface area contributed by atoms with Crippen molar-refractivity contribution in [2.45, 2.75) is 13.8 Å². The van der Waals surface area contributed by atoms with Crippen LogP contribution in [0.15, 0.2) is 24.3 Å². The van der Waals surface area contributed by atoms with Crippen LogP contribution in [0.5, 0.6) is 0 Å². The predicted molar refractivity (Wildman–Crippen MR) is 59.2 cm³/mol. The third-order valence-corrected chi connectivity index (χ3v) is 1.58. The molecule has 0 aliphatic carbocycles. The molecule has 82 valence electrons. The minimum atomic E-state index is -0.535. The van der Waals surface area contributed by atoms with Crippen LogP contribution in [0.2, 0.25) is 0 Å². The molecule has 1 rings (SSSR count). The van der Waals surface area contributed by atoms with Crippen molar-refractivity contribution in [3.05, 3.63) is 35.4 Å². The van der Waals surface area contributed by atoms with Gasteiger partial charge in [0.2, 0.25) is 12.3 Å². The first-order valence-electron chi connectivity index (χ1n) is 4.55. The third kappa shape index (κ3) is 8.49. The fourth-order valence-electron chi connectivity index (χ4n) is 0.779. The van der Waals surface area contributed by atoms with E-state index in [1.54, 1.807) is 0 Å². The third-order valence-electron chi connectivity index (χ3n) is 1.58. The van der Waals surface area contributed by atoms with E-state index in [1.165, 1.54) is 11.1 Å². The molecule has 0 aromatic heterocycles. The molecule has 0 saturated carbocycles. The summed E-state index contributed by atoms with van der Waals surface area (Å²) in [7, 11) is 0. The van der Waals surface area contributed by atoms with Gasteiger partial charge < -0.3 is 11.1 Å². The van der Waals surface area contributed by atoms with E-state index < -0.39 is 5.91 Å². The topological polar surface area (TPSA) is 72.2 Å². The standard InChI is InChI=1S/C8H10.C3H6N2O2/c1-7-3-5-8(2)6-4-7;4-3(7)1-5-2-6/h3-6H,1-2H3;2H,1H2,(H2,4,7)(H,5,6). The van der Waals surface area contributed by atoms with E-state index >= 15 is 0 Å². The Balaban J connectivity index is 0.000000265. The summed E-state index contributed by atoms with van der Waals surface area (Å²) >= 11 is 0. The number of hydrogen-bond acceptors (Lipinski definition) is 2. The van der Waals surface area contributed by atoms with Gasteiger partial charge in [-0.3, -0.25) is 9.59 Å². The molecule has 0 bridgehead atoms. The second-order valence-corrected chi connectivity index (χ2v) is 3.12. The predicted octanol–water partition coefficient (Wildman–Crippen LogP) is 0.521. The van der Waals surface area contributed by atoms with E-state index in [-0.39, 0.29) is 6.54 Å². The molecule has 1 aromatic carbocycles. The van der Waals surface area contributed by atoms with Crippen molar-refractivity contribution in [3.63, 3.8) is 0 Å². The van der Waals surface area contributed by atoms with Gasteiger partial charge in [-0.2, -0.15) is 0 Å². The molecule has 4 nitrogen and oxygen atoms in total. The lowest BCUT2D eigenvalue weighted by atomic mass is 10.2. The Kier molecular flexibility index (Phi) is 6.63. The van der Waals surface area contributed by atoms with Crippen LogP contribution in [-0.2, 0) is 9.59 Å². The fourth-order valence-corrected chi connectivity index (χ4v) is 0.779. The number of carbonyl (C=O) groups is 2. The van der Waals surface area contributed by atoms with Gasteiger partial charge in [0.05, 0.1) is 6.54 Å². The molecule has 0 aliphatic heterocycles. The van der Waals surface area contributed by atoms with Gasteiger partial charge in [0.15, 0.2) is 0 Å². The first-order valence-corrected chi connectivity index (χ1v) is 4.55. The number of nitrogens with one attached hydrogen (secondary N) is 1. The number of amides is 2. The SMILES string of the molecule is Cc1ccc(C)cc1.NC(=O)CNC=O. The number of primary amides is 1. The summed E-state index contributed by atoms with van der Waals surface area (Å²) < 4.78 is 0. The second-order valence-electron chi connectivity index (χ2n) is 3.12. The van der Waals surface area contributed by atoms with Crippen LogP contribution >= 0.6 is 0 Å². The van der Waals surface area contributed by atoms with E-state index in [4.69, 9.17) is 0 Å². The Labute approximate surface area is 89.5 Å². The summed E-state index contributed by atoms with van der Waals surface area (Å²) in [4.78, 5) is 19.1. The summed E-state index contributed by atoms with van der Waals surface area (Å²) in [6.07, 6.45) is 0.421. The summed E-state index contributed by atoms with van der Waals surface area (Å²) in [6, 6.07) is 8.48. The molecular weight excluding hydrogens is 192 g/mol. The second kappa shape index (κ2) is 7.55. The average Bonchev–Trinajstić information content (AvgIpc) is 2.20. The van der Waals surface area contributed by atoms with Crippen LogP contribution in [0, 0.1) is 13.8 Å². The average molecular weight is 208 g/mol. The highest BCUT2D eigenvalue weighted by atomic mass is 16.2. The van der Waals surface area contributed by atoms with E-state index in [1.807, 2.05) is 0 Å². The number of benzene rings is 1. The molecule has 0 spiro atoms. The molecule has 0 atom stereocenters. The Bertz CT molecular complexity index is 286. The van der Waals surface area contributed by atoms with Crippen LogP contribution in [0.25, 0.3) is 0 Å². The van der Waals surface area contributed by atoms with Gasteiger partial charge in [0, 0.05) is 0 Å². The van der Waals surface area contributed by atoms with Crippen molar-refractivity contribution in [2.24, 2.45) is 5.73 Å². The number of hydrogen-bond donors (Lipinski definition) is 2. The summed E-state index contributed by atoms with van der Waals surface area (Å²) in [6.45, 7) is 4.11. The summed E-state index contributed by atoms with van der Waals surface area (Å²) in [5.74, 6) is -0.535. The number of aryl methyl sites for hydroxylation is 2. The molecule has 0 saturated heterocycles. The molecule has 3 N–H and O–H groups in total. The fraction of sp³-hybridized carbons (Fsp3) is 0.273. The highest BCUT2D eigenvalue weighted by Gasteiger charge is 1.85. The van der Waals surface area contributed by atoms with Crippen LogP contribution in [-0.4, -0.2) is 18.9 Å². The Morgan fingerprint density at radius 3 is 1.87 bits per heavy atom. The van der Waals surface area contributed by atoms with Gasteiger partial charge in [0.1, 0.15) is 0 Å². The summed E-state index contributed by atoms with van der Waals surface area (Å²) in [5, 5.41) is 2.09. The van der Waals surface area contributed by atoms with E-state index in [0.717, 1.165) is 0 Å². The van der Waals surface area contributed by atoms with Gasteiger partial charge in [-0.25, -0.2) is 0 Å². The highest BCUT2D eigenvalue weighted by molar-refractivity contribution is 5.77. The van der Waals surface area contributed by atoms with Crippen molar-refractivity contribution in [2.75, 3.05) is 6.54 Å². The van der Waals surface area contributed by atoms with Gasteiger partial charge in [0.25, 0.3) is 0 Å². The zero-order valence-corrected chi connectivity index (χ0v) is 8.99. The Morgan fingerprint density at radius 1 is 1.27 bits per heavy atom. The zero-order chi connectivity index (χ0) is 11.7. The van der Waals surface area contributed by atoms with Crippen LogP contribution in [0.3, 0.4) is 0 Å². The van der Waals surface area contributed by atoms with Gasteiger partial charge in [-0.05, 0) is 13.8 Å². The zero-order valence-electron chi connectivity index (χ0n) is 8.99. The minimum Gasteiger partial charge on any atom is -0.368 e. The molecule has 1 aromatic rings. The van der Waals surface area contributed by atoms with Gasteiger partial charge in [-0.1, -0.05) is 35.4 Å². The summed E-state index contributed by atoms with van der Waals surface area (Å²) in [5.41, 5.74) is 7.28. The normalized spacial score (nSPS) is 8.40. The Morgan fingerprint density at radius 2 is 1.67 bits per heavy atom. The lowest BCUT2D eigenvalue weighted by Gasteiger charge is -1.90. The maximum Gasteiger partial charge on any atom is 0.236 e. The molecule has 2 amide bonds. The van der Waals surface area contributed by atoms with Crippen LogP contribution in [0.1, 0.15) is 11.1 Å². The minimum absolute atomic E-state index is 0.0799. The van der Waals surface area contributed by atoms with E-state index in [0.29, 0.717) is 6.41 Å². The van der Waals surface area contributed by atoms with Gasteiger partial charge >= 0.3 is 0 Å². The van der Waals surface area contributed by atoms with Crippen molar-refractivity contribution >= 4 is 12.3 Å². The first kappa shape index (κ1) is 13.2. The Hall–Kier alpha value is -1.84. The number of nitrogens with two attached hydrogens (primary N) is 1. The molecule has 0 radical (unpaired) electrons. The van der Waals surface area contributed by atoms with E-state index in [2.05, 4.69) is 49.2 Å². The molecular formula is C11H16N2O2. The molecule has 0 aliphatic rings. The highest BCUT2D eigenvalue weighted by Crippen LogP contribution is 1.99. The maximum absolute atomic E-state index is 9.76. The maximum atomic E-state index is 9.76. The lowest BCUT2D eigenvalue weighted by molar-refractivity contribution is -0.119. The smallest absolute Gasteiger partial charge is 0.236 e. The van der Waals surface area contributed by atoms with Crippen molar-refractivity contribution in [1.29, 1.82) is 0 Å². The number of rotatable bonds is 3. The first-order chi connectivity index (χ1) is 7.06. The van der Waals surface area contributed by atoms with E-state index in [9.17, 15) is 9.59 Å². The van der Waals surface area contributed by atoms with Crippen LogP contribution in [0.4, 0.5) is 0 Å². The van der Waals surface area contributed by atoms with Crippen molar-refractivity contribution in [1.82, 2.24) is 5.32 Å². The van der Waals surface area contributed by atoms with Crippen molar-refractivity contribution in [3.8, 4) is 0 Å². The van der Waals surface area contributed by atoms with Crippen molar-refractivity contribution < 1.29 is 9.59 Å². The van der Waals surface area contributed by atoms with Gasteiger partial charge in [-0.15, -0.1) is 0 Å². The quantitative estimate of drug-likeness (QED) is 0.711. The lowest BCUT2D eigenvalue weighted by Crippen LogP contribution is -2.27. The largest absolute Gasteiger partial charge is 0.368 e.